The Bertz CT molecular complexity index is 1610. The third-order valence-corrected chi connectivity index (χ3v) is 10.2. The van der Waals surface area contributed by atoms with Crippen molar-refractivity contribution in [1.29, 1.82) is 0 Å². The number of halogens is 1. The van der Waals surface area contributed by atoms with Crippen LogP contribution in [0, 0.1) is 5.82 Å². The van der Waals surface area contributed by atoms with Gasteiger partial charge in [0.2, 0.25) is 0 Å². The molecule has 1 aromatic carbocycles. The molecule has 1 aliphatic rings. The quantitative estimate of drug-likeness (QED) is 0.199. The molecule has 2 atom stereocenters. The van der Waals surface area contributed by atoms with E-state index in [2.05, 4.69) is 41.7 Å². The first kappa shape index (κ1) is 28.4. The molecule has 4 aromatic rings. The predicted octanol–water partition coefficient (Wildman–Crippen LogP) is 5.08. The first-order chi connectivity index (χ1) is 19.0. The fraction of sp³-hybridized carbons (Fsp3) is 0.444. The minimum Gasteiger partial charge on any atom is -0.377 e. The van der Waals surface area contributed by atoms with E-state index < -0.39 is 23.6 Å². The van der Waals surface area contributed by atoms with Gasteiger partial charge in [0.15, 0.2) is 11.5 Å². The Hall–Kier alpha value is -3.13. The van der Waals surface area contributed by atoms with Gasteiger partial charge in [-0.2, -0.15) is 19.2 Å². The Morgan fingerprint density at radius 1 is 1.20 bits per heavy atom. The number of rotatable bonds is 9. The summed E-state index contributed by atoms with van der Waals surface area (Å²) in [6.45, 7) is 11.9. The van der Waals surface area contributed by atoms with Gasteiger partial charge in [0, 0.05) is 50.7 Å². The van der Waals surface area contributed by atoms with Crippen LogP contribution in [0.15, 0.2) is 58.1 Å². The molecule has 0 N–H and O–H groups in total. The van der Waals surface area contributed by atoms with Crippen LogP contribution in [-0.2, 0) is 25.9 Å². The van der Waals surface area contributed by atoms with Crippen molar-refractivity contribution in [1.82, 2.24) is 24.5 Å². The van der Waals surface area contributed by atoms with Gasteiger partial charge in [-0.1, -0.05) is 19.6 Å². The normalized spacial score (nSPS) is 17.8. The van der Waals surface area contributed by atoms with E-state index in [-0.39, 0.29) is 6.04 Å². The average molecular weight is 586 g/mol. The van der Waals surface area contributed by atoms with Crippen LogP contribution in [0.3, 0.4) is 0 Å². The largest absolute Gasteiger partial charge is 0.377 e. The summed E-state index contributed by atoms with van der Waals surface area (Å²) in [5.41, 5.74) is 1.05. The van der Waals surface area contributed by atoms with E-state index >= 15 is 0 Å². The van der Waals surface area contributed by atoms with Crippen molar-refractivity contribution < 1.29 is 18.1 Å². The molecule has 0 amide bonds. The van der Waals surface area contributed by atoms with Crippen LogP contribution < -0.4 is 4.90 Å². The van der Waals surface area contributed by atoms with Gasteiger partial charge in [-0.15, -0.1) is 0 Å². The van der Waals surface area contributed by atoms with Gasteiger partial charge in [0.25, 0.3) is 0 Å². The van der Waals surface area contributed by atoms with Crippen LogP contribution in [-0.4, -0.2) is 75.5 Å². The number of pyridine rings is 1. The highest BCUT2D eigenvalue weighted by atomic mass is 32.2. The van der Waals surface area contributed by atoms with Gasteiger partial charge >= 0.3 is 0 Å². The lowest BCUT2D eigenvalue weighted by atomic mass is 10.2. The third kappa shape index (κ3) is 6.43. The van der Waals surface area contributed by atoms with E-state index in [4.69, 9.17) is 18.8 Å². The Morgan fingerprint density at radius 2 is 1.98 bits per heavy atom. The molecule has 4 heterocycles. The Morgan fingerprint density at radius 3 is 2.70 bits per heavy atom. The maximum absolute atomic E-state index is 13.7. The second kappa shape index (κ2) is 11.4. The van der Waals surface area contributed by atoms with Gasteiger partial charge in [-0.25, -0.2) is 18.3 Å². The van der Waals surface area contributed by atoms with Crippen LogP contribution in [0.4, 0.5) is 15.9 Å². The zero-order valence-corrected chi connectivity index (χ0v) is 25.4. The molecule has 5 rings (SSSR count). The SMILES string of the molecule is C[C@@H]1COCCN1c1cc(N=S(C)(=O)c2ccc(F)cc2)c2cnn(-c3ccn(COCC[Si](C)(C)C)n3)c2n1. The summed E-state index contributed by atoms with van der Waals surface area (Å²) in [4.78, 5) is 7.56. The second-order valence-corrected chi connectivity index (χ2v) is 19.2. The highest BCUT2D eigenvalue weighted by Crippen LogP contribution is 2.33. The standard InChI is InChI=1S/C27H36FN7O3SSi/c1-20-18-37-13-12-34(20)26-16-24(32-39(2,36)22-8-6-21(28)7-9-22)23-17-29-35(27(23)30-26)25-10-11-33(31-25)19-38-14-15-40(3,4)5/h6-11,16-17,20H,12-15,18-19H2,1-5H3/t20-,39?/m1/s1. The summed E-state index contributed by atoms with van der Waals surface area (Å²) in [6, 6.07) is 10.5. The summed E-state index contributed by atoms with van der Waals surface area (Å²) in [6.07, 6.45) is 5.07. The van der Waals surface area contributed by atoms with Crippen LogP contribution >= 0.6 is 0 Å². The molecule has 40 heavy (non-hydrogen) atoms. The van der Waals surface area contributed by atoms with E-state index in [0.29, 0.717) is 66.3 Å². The predicted molar refractivity (Wildman–Crippen MR) is 157 cm³/mol. The van der Waals surface area contributed by atoms with Crippen molar-refractivity contribution in [3.8, 4) is 5.82 Å². The van der Waals surface area contributed by atoms with Crippen molar-refractivity contribution in [2.45, 2.75) is 50.3 Å². The number of aromatic nitrogens is 5. The molecular weight excluding hydrogens is 549 g/mol. The van der Waals surface area contributed by atoms with Crippen LogP contribution in [0.5, 0.6) is 0 Å². The minimum absolute atomic E-state index is 0.0959. The topological polar surface area (TPSA) is 99.7 Å². The lowest BCUT2D eigenvalue weighted by molar-refractivity contribution is 0.0785. The van der Waals surface area contributed by atoms with Crippen LogP contribution in [0.1, 0.15) is 6.92 Å². The highest BCUT2D eigenvalue weighted by Gasteiger charge is 2.24. The van der Waals surface area contributed by atoms with Gasteiger partial charge in [-0.3, -0.25) is 0 Å². The summed E-state index contributed by atoms with van der Waals surface area (Å²) in [5, 5.41) is 9.89. The fourth-order valence-electron chi connectivity index (χ4n) is 4.43. The zero-order valence-electron chi connectivity index (χ0n) is 23.6. The molecule has 0 aliphatic carbocycles. The number of anilines is 1. The number of ether oxygens (including phenoxy) is 2. The zero-order chi connectivity index (χ0) is 28.5. The first-order valence-corrected chi connectivity index (χ1v) is 19.0. The number of nitrogens with zero attached hydrogens (tertiary/aromatic N) is 7. The molecule has 3 aromatic heterocycles. The maximum atomic E-state index is 13.7. The molecule has 10 nitrogen and oxygen atoms in total. The average Bonchev–Trinajstić information content (AvgIpc) is 3.53. The second-order valence-electron chi connectivity index (χ2n) is 11.3. The van der Waals surface area contributed by atoms with Gasteiger partial charge in [0.1, 0.15) is 18.4 Å². The van der Waals surface area contributed by atoms with Gasteiger partial charge in [-0.05, 0) is 37.2 Å². The summed E-state index contributed by atoms with van der Waals surface area (Å²) in [7, 11) is -4.06. The van der Waals surface area contributed by atoms with Crippen molar-refractivity contribution in [3.63, 3.8) is 0 Å². The molecular formula is C27H36FN7O3SSi. The third-order valence-electron chi connectivity index (χ3n) is 6.76. The number of fused-ring (bicyclic) bond motifs is 1. The Balaban J connectivity index is 1.54. The number of hydrogen-bond donors (Lipinski definition) is 0. The summed E-state index contributed by atoms with van der Waals surface area (Å²) in [5.74, 6) is 0.883. The number of benzene rings is 1. The van der Waals surface area contributed by atoms with E-state index in [0.717, 1.165) is 6.04 Å². The lowest BCUT2D eigenvalue weighted by Crippen LogP contribution is -2.44. The Labute approximate surface area is 235 Å². The monoisotopic (exact) mass is 585 g/mol. The molecule has 13 heteroatoms. The molecule has 1 fully saturated rings. The van der Waals surface area contributed by atoms with E-state index in [1.165, 1.54) is 24.3 Å². The number of morpholine rings is 1. The summed E-state index contributed by atoms with van der Waals surface area (Å²) < 4.78 is 46.8. The molecule has 0 saturated carbocycles. The number of hydrogen-bond acceptors (Lipinski definition) is 8. The molecule has 0 radical (unpaired) electrons. The molecule has 0 bridgehead atoms. The summed E-state index contributed by atoms with van der Waals surface area (Å²) >= 11 is 0. The van der Waals surface area contributed by atoms with Crippen molar-refractivity contribution in [2.75, 3.05) is 37.5 Å². The Kier molecular flexibility index (Phi) is 8.09. The first-order valence-electron chi connectivity index (χ1n) is 13.3. The van der Waals surface area contributed by atoms with E-state index in [9.17, 15) is 8.60 Å². The van der Waals surface area contributed by atoms with E-state index in [1.54, 1.807) is 21.8 Å². The molecule has 214 valence electrons. The minimum atomic E-state index is -2.89. The molecule has 1 aliphatic heterocycles. The van der Waals surface area contributed by atoms with Gasteiger partial charge in [0.05, 0.1) is 46.3 Å². The molecule has 1 saturated heterocycles. The highest BCUT2D eigenvalue weighted by molar-refractivity contribution is 7.93. The molecule has 0 spiro atoms. The van der Waals surface area contributed by atoms with Crippen molar-refractivity contribution in [3.05, 3.63) is 54.6 Å². The van der Waals surface area contributed by atoms with E-state index in [1.807, 2.05) is 18.3 Å². The maximum Gasteiger partial charge on any atom is 0.177 e. The smallest absolute Gasteiger partial charge is 0.177 e. The molecule has 1 unspecified atom stereocenters. The fourth-order valence-corrected chi connectivity index (χ4v) is 6.46. The van der Waals surface area contributed by atoms with Gasteiger partial charge < -0.3 is 14.4 Å². The lowest BCUT2D eigenvalue weighted by Gasteiger charge is -2.34. The van der Waals surface area contributed by atoms with Crippen molar-refractivity contribution >= 4 is 40.3 Å². The van der Waals surface area contributed by atoms with Crippen molar-refractivity contribution in [2.24, 2.45) is 4.36 Å². The van der Waals surface area contributed by atoms with Crippen LogP contribution in [0.2, 0.25) is 25.7 Å². The van der Waals surface area contributed by atoms with Crippen LogP contribution in [0.25, 0.3) is 16.9 Å².